The molecule has 0 aromatic carbocycles. The molecule has 0 fully saturated rings. The van der Waals surface area contributed by atoms with Gasteiger partial charge < -0.3 is 11.1 Å². The summed E-state index contributed by atoms with van der Waals surface area (Å²) in [5.41, 5.74) is 6.27. The van der Waals surface area contributed by atoms with Gasteiger partial charge in [-0.1, -0.05) is 5.21 Å². The lowest BCUT2D eigenvalue weighted by Gasteiger charge is -2.09. The van der Waals surface area contributed by atoms with Crippen molar-refractivity contribution in [3.05, 3.63) is 29.8 Å². The minimum atomic E-state index is -0.347. The zero-order valence-electron chi connectivity index (χ0n) is 9.08. The Morgan fingerprint density at radius 2 is 2.35 bits per heavy atom. The van der Waals surface area contributed by atoms with Gasteiger partial charge in [0.25, 0.3) is 5.91 Å². The van der Waals surface area contributed by atoms with E-state index in [2.05, 4.69) is 30.9 Å². The van der Waals surface area contributed by atoms with Crippen LogP contribution in [0.2, 0.25) is 0 Å². The summed E-state index contributed by atoms with van der Waals surface area (Å²) >= 11 is 0. The molecule has 1 unspecified atom stereocenters. The number of carbonyl (C=O) groups is 1. The van der Waals surface area contributed by atoms with E-state index >= 15 is 0 Å². The zero-order chi connectivity index (χ0) is 12.3. The average Bonchev–Trinajstić information content (AvgIpc) is 2.83. The molecule has 2 aromatic heterocycles. The number of nitrogens with zero attached hydrogens (tertiary/aromatic N) is 4. The Morgan fingerprint density at radius 3 is 2.94 bits per heavy atom. The molecule has 8 nitrogen and oxygen atoms in total. The Morgan fingerprint density at radius 1 is 1.53 bits per heavy atom. The molecule has 1 atom stereocenters. The zero-order valence-corrected chi connectivity index (χ0v) is 9.08. The first-order valence-electron chi connectivity index (χ1n) is 4.92. The molecular formula is C9H11N7O. The van der Waals surface area contributed by atoms with Crippen molar-refractivity contribution in [1.82, 2.24) is 30.9 Å². The van der Waals surface area contributed by atoms with E-state index in [1.165, 1.54) is 6.20 Å². The summed E-state index contributed by atoms with van der Waals surface area (Å²) in [5, 5.41) is 16.0. The summed E-state index contributed by atoms with van der Waals surface area (Å²) in [4.78, 5) is 15.7. The number of aromatic nitrogens is 5. The molecular weight excluding hydrogens is 222 g/mol. The lowest BCUT2D eigenvalue weighted by atomic mass is 10.2. The average molecular weight is 233 g/mol. The lowest BCUT2D eigenvalue weighted by Crippen LogP contribution is -2.28. The highest BCUT2D eigenvalue weighted by molar-refractivity contribution is 5.92. The van der Waals surface area contributed by atoms with Crippen LogP contribution < -0.4 is 11.1 Å². The first kappa shape index (κ1) is 11.0. The summed E-state index contributed by atoms with van der Waals surface area (Å²) in [7, 11) is 0. The number of hydrogen-bond donors (Lipinski definition) is 3. The standard InChI is InChI=1S/C9H11N7O/c1-5(8-13-15-16-14-8)12-9(17)7-3-2-6(10)4-11-7/h2-5H,10H2,1H3,(H,12,17)(H,13,14,15,16). The molecule has 0 aliphatic rings. The second-order valence-corrected chi connectivity index (χ2v) is 3.44. The van der Waals surface area contributed by atoms with Gasteiger partial charge in [-0.3, -0.25) is 4.79 Å². The van der Waals surface area contributed by atoms with Crippen molar-refractivity contribution in [2.75, 3.05) is 5.73 Å². The number of tetrazole rings is 1. The number of nitrogens with two attached hydrogens (primary N) is 1. The van der Waals surface area contributed by atoms with Crippen LogP contribution in [-0.2, 0) is 0 Å². The van der Waals surface area contributed by atoms with Crippen LogP contribution in [0.15, 0.2) is 18.3 Å². The molecule has 2 aromatic rings. The summed E-state index contributed by atoms with van der Waals surface area (Å²) in [6.45, 7) is 1.75. The van der Waals surface area contributed by atoms with Crippen LogP contribution in [0.25, 0.3) is 0 Å². The molecule has 1 amide bonds. The normalized spacial score (nSPS) is 12.1. The summed E-state index contributed by atoms with van der Waals surface area (Å²) in [5.74, 6) is 0.0936. The first-order chi connectivity index (χ1) is 8.16. The number of pyridine rings is 1. The third-order valence-electron chi connectivity index (χ3n) is 2.12. The van der Waals surface area contributed by atoms with Crippen LogP contribution in [0, 0.1) is 0 Å². The Bertz CT molecular complexity index is 493. The molecule has 2 rings (SSSR count). The Hall–Kier alpha value is -2.51. The highest BCUT2D eigenvalue weighted by atomic mass is 16.1. The van der Waals surface area contributed by atoms with E-state index in [-0.39, 0.29) is 17.6 Å². The van der Waals surface area contributed by atoms with E-state index < -0.39 is 0 Å². The predicted octanol–water partition coefficient (Wildman–Crippen LogP) is -0.332. The molecule has 0 aliphatic carbocycles. The maximum absolute atomic E-state index is 11.8. The number of aromatic amines is 1. The highest BCUT2D eigenvalue weighted by Crippen LogP contribution is 2.06. The highest BCUT2D eigenvalue weighted by Gasteiger charge is 2.15. The number of H-pyrrole nitrogens is 1. The van der Waals surface area contributed by atoms with Crippen LogP contribution in [0.1, 0.15) is 29.3 Å². The van der Waals surface area contributed by atoms with Gasteiger partial charge in [-0.05, 0) is 19.1 Å². The van der Waals surface area contributed by atoms with Crippen LogP contribution in [0.5, 0.6) is 0 Å². The second kappa shape index (κ2) is 4.56. The molecule has 0 aliphatic heterocycles. The maximum Gasteiger partial charge on any atom is 0.270 e. The van der Waals surface area contributed by atoms with Crippen molar-refractivity contribution in [1.29, 1.82) is 0 Å². The molecule has 4 N–H and O–H groups in total. The fourth-order valence-electron chi connectivity index (χ4n) is 1.23. The Balaban J connectivity index is 2.04. The number of nitrogen functional groups attached to an aromatic ring is 1. The van der Waals surface area contributed by atoms with Crippen molar-refractivity contribution < 1.29 is 4.79 Å². The molecule has 0 bridgehead atoms. The number of anilines is 1. The predicted molar refractivity (Wildman–Crippen MR) is 58.7 cm³/mol. The van der Waals surface area contributed by atoms with E-state index in [1.807, 2.05) is 0 Å². The van der Waals surface area contributed by atoms with Crippen LogP contribution in [0.3, 0.4) is 0 Å². The minimum absolute atomic E-state index is 0.287. The van der Waals surface area contributed by atoms with E-state index in [9.17, 15) is 4.79 Å². The third kappa shape index (κ3) is 2.54. The second-order valence-electron chi connectivity index (χ2n) is 3.44. The van der Waals surface area contributed by atoms with Crippen LogP contribution >= 0.6 is 0 Å². The molecule has 17 heavy (non-hydrogen) atoms. The van der Waals surface area contributed by atoms with Gasteiger partial charge in [0.1, 0.15) is 5.69 Å². The topological polar surface area (TPSA) is 122 Å². The van der Waals surface area contributed by atoms with Gasteiger partial charge in [0.05, 0.1) is 17.9 Å². The first-order valence-corrected chi connectivity index (χ1v) is 4.92. The fraction of sp³-hybridized carbons (Fsp3) is 0.222. The molecule has 8 heteroatoms. The van der Waals surface area contributed by atoms with Crippen LogP contribution in [-0.4, -0.2) is 31.5 Å². The lowest BCUT2D eigenvalue weighted by molar-refractivity contribution is 0.0933. The van der Waals surface area contributed by atoms with E-state index in [4.69, 9.17) is 5.73 Å². The minimum Gasteiger partial charge on any atom is -0.397 e. The fourth-order valence-corrected chi connectivity index (χ4v) is 1.23. The van der Waals surface area contributed by atoms with Crippen molar-refractivity contribution in [2.24, 2.45) is 0 Å². The quantitative estimate of drug-likeness (QED) is 0.667. The van der Waals surface area contributed by atoms with Gasteiger partial charge in [-0.25, -0.2) is 4.98 Å². The molecule has 0 radical (unpaired) electrons. The van der Waals surface area contributed by atoms with E-state index in [0.717, 1.165) is 0 Å². The summed E-state index contributed by atoms with van der Waals surface area (Å²) < 4.78 is 0. The summed E-state index contributed by atoms with van der Waals surface area (Å²) in [6.07, 6.45) is 1.42. The molecule has 88 valence electrons. The van der Waals surface area contributed by atoms with Crippen LogP contribution in [0.4, 0.5) is 5.69 Å². The number of hydrogen-bond acceptors (Lipinski definition) is 6. The third-order valence-corrected chi connectivity index (χ3v) is 2.12. The SMILES string of the molecule is CC(NC(=O)c1ccc(N)cn1)c1nn[nH]n1. The van der Waals surface area contributed by atoms with Gasteiger partial charge in [0, 0.05) is 0 Å². The monoisotopic (exact) mass is 233 g/mol. The number of nitrogens with one attached hydrogen (secondary N) is 2. The van der Waals surface area contributed by atoms with Gasteiger partial charge in [-0.2, -0.15) is 5.21 Å². The number of rotatable bonds is 3. The molecule has 0 saturated carbocycles. The van der Waals surface area contributed by atoms with Crippen molar-refractivity contribution >= 4 is 11.6 Å². The maximum atomic E-state index is 11.8. The number of amides is 1. The largest absolute Gasteiger partial charge is 0.397 e. The smallest absolute Gasteiger partial charge is 0.270 e. The van der Waals surface area contributed by atoms with E-state index in [1.54, 1.807) is 19.1 Å². The van der Waals surface area contributed by atoms with Crippen molar-refractivity contribution in [3.8, 4) is 0 Å². The Labute approximate surface area is 96.6 Å². The molecule has 0 saturated heterocycles. The Kier molecular flexibility index (Phi) is 2.95. The van der Waals surface area contributed by atoms with Gasteiger partial charge in [0.2, 0.25) is 0 Å². The van der Waals surface area contributed by atoms with E-state index in [0.29, 0.717) is 11.5 Å². The van der Waals surface area contributed by atoms with Crippen molar-refractivity contribution in [3.63, 3.8) is 0 Å². The van der Waals surface area contributed by atoms with Gasteiger partial charge in [0.15, 0.2) is 5.82 Å². The number of carbonyl (C=O) groups excluding carboxylic acids is 1. The van der Waals surface area contributed by atoms with Gasteiger partial charge >= 0.3 is 0 Å². The van der Waals surface area contributed by atoms with Crippen molar-refractivity contribution in [2.45, 2.75) is 13.0 Å². The summed E-state index contributed by atoms with van der Waals surface area (Å²) in [6, 6.07) is 2.81. The van der Waals surface area contributed by atoms with Gasteiger partial charge in [-0.15, -0.1) is 10.2 Å². The molecule has 2 heterocycles. The molecule has 0 spiro atoms.